The molecule has 1 aliphatic heterocycles. The molecular weight excluding hydrogens is 248 g/mol. The first-order chi connectivity index (χ1) is 9.88. The van der Waals surface area contributed by atoms with Gasteiger partial charge in [0, 0.05) is 30.8 Å². The second-order valence-corrected chi connectivity index (χ2v) is 5.07. The van der Waals surface area contributed by atoms with E-state index in [-0.39, 0.29) is 0 Å². The minimum Gasteiger partial charge on any atom is -0.493 e. The van der Waals surface area contributed by atoms with Gasteiger partial charge in [-0.1, -0.05) is 31.2 Å². The maximum absolute atomic E-state index is 5.69. The van der Waals surface area contributed by atoms with Gasteiger partial charge in [0.05, 0.1) is 12.3 Å². The van der Waals surface area contributed by atoms with E-state index < -0.39 is 0 Å². The van der Waals surface area contributed by atoms with Gasteiger partial charge < -0.3 is 10.1 Å². The molecule has 2 aromatic rings. The highest BCUT2D eigenvalue weighted by Gasteiger charge is 2.20. The van der Waals surface area contributed by atoms with Crippen LogP contribution in [0, 0.1) is 0 Å². The molecule has 1 aromatic heterocycles. The first-order valence-electron chi connectivity index (χ1n) is 7.26. The molecule has 20 heavy (non-hydrogen) atoms. The Morgan fingerprint density at radius 3 is 3.05 bits per heavy atom. The third-order valence-corrected chi connectivity index (χ3v) is 3.84. The highest BCUT2D eigenvalue weighted by molar-refractivity contribution is 5.37. The Labute approximate surface area is 120 Å². The SMILES string of the molecule is CCc1cccnc1CNC1CCOc2ccccc21. The zero-order valence-electron chi connectivity index (χ0n) is 11.8. The van der Waals surface area contributed by atoms with Crippen LogP contribution >= 0.6 is 0 Å². The molecule has 3 rings (SSSR count). The average molecular weight is 268 g/mol. The van der Waals surface area contributed by atoms with Crippen LogP contribution in [-0.4, -0.2) is 11.6 Å². The number of benzene rings is 1. The van der Waals surface area contributed by atoms with Crippen LogP contribution in [0.2, 0.25) is 0 Å². The lowest BCUT2D eigenvalue weighted by atomic mass is 10.0. The molecule has 0 saturated heterocycles. The van der Waals surface area contributed by atoms with Crippen molar-refractivity contribution in [1.29, 1.82) is 0 Å². The summed E-state index contributed by atoms with van der Waals surface area (Å²) >= 11 is 0. The summed E-state index contributed by atoms with van der Waals surface area (Å²) in [5, 5.41) is 3.63. The van der Waals surface area contributed by atoms with Crippen LogP contribution in [0.3, 0.4) is 0 Å². The van der Waals surface area contributed by atoms with Crippen molar-refractivity contribution in [2.45, 2.75) is 32.4 Å². The minimum absolute atomic E-state index is 0.353. The number of nitrogens with zero attached hydrogens (tertiary/aromatic N) is 1. The maximum atomic E-state index is 5.69. The molecule has 1 atom stereocenters. The van der Waals surface area contributed by atoms with Crippen molar-refractivity contribution in [3.05, 3.63) is 59.4 Å². The van der Waals surface area contributed by atoms with Gasteiger partial charge in [-0.15, -0.1) is 0 Å². The van der Waals surface area contributed by atoms with E-state index in [1.807, 2.05) is 24.4 Å². The molecule has 2 heterocycles. The second kappa shape index (κ2) is 6.06. The van der Waals surface area contributed by atoms with Crippen molar-refractivity contribution in [2.24, 2.45) is 0 Å². The lowest BCUT2D eigenvalue weighted by molar-refractivity contribution is 0.252. The van der Waals surface area contributed by atoms with Gasteiger partial charge >= 0.3 is 0 Å². The molecular formula is C17H20N2O. The Balaban J connectivity index is 1.73. The van der Waals surface area contributed by atoms with Gasteiger partial charge in [-0.3, -0.25) is 4.98 Å². The molecule has 104 valence electrons. The molecule has 1 unspecified atom stereocenters. The first kappa shape index (κ1) is 13.1. The van der Waals surface area contributed by atoms with Gasteiger partial charge in [-0.05, 0) is 24.1 Å². The Kier molecular flexibility index (Phi) is 3.97. The van der Waals surface area contributed by atoms with E-state index in [0.717, 1.165) is 37.4 Å². The summed E-state index contributed by atoms with van der Waals surface area (Å²) in [6.45, 7) is 3.75. The van der Waals surface area contributed by atoms with Crippen LogP contribution in [0.25, 0.3) is 0 Å². The lowest BCUT2D eigenvalue weighted by Gasteiger charge is -2.26. The monoisotopic (exact) mass is 268 g/mol. The fourth-order valence-corrected chi connectivity index (χ4v) is 2.73. The smallest absolute Gasteiger partial charge is 0.124 e. The molecule has 1 aliphatic rings. The number of aryl methyl sites for hydroxylation is 1. The van der Waals surface area contributed by atoms with E-state index in [0.29, 0.717) is 6.04 Å². The predicted octanol–water partition coefficient (Wildman–Crippen LogP) is 3.26. The number of ether oxygens (including phenoxy) is 1. The second-order valence-electron chi connectivity index (χ2n) is 5.07. The maximum Gasteiger partial charge on any atom is 0.124 e. The summed E-state index contributed by atoms with van der Waals surface area (Å²) in [5.74, 6) is 1.01. The normalized spacial score (nSPS) is 17.4. The molecule has 3 nitrogen and oxygen atoms in total. The molecule has 3 heteroatoms. The molecule has 0 spiro atoms. The van der Waals surface area contributed by atoms with Crippen molar-refractivity contribution in [3.63, 3.8) is 0 Å². The molecule has 1 N–H and O–H groups in total. The third kappa shape index (κ3) is 2.68. The van der Waals surface area contributed by atoms with E-state index in [1.54, 1.807) is 0 Å². The number of hydrogen-bond donors (Lipinski definition) is 1. The number of fused-ring (bicyclic) bond motifs is 1. The lowest BCUT2D eigenvalue weighted by Crippen LogP contribution is -2.27. The van der Waals surface area contributed by atoms with Crippen LogP contribution in [0.1, 0.15) is 36.2 Å². The number of para-hydroxylation sites is 1. The molecule has 0 saturated carbocycles. The van der Waals surface area contributed by atoms with E-state index >= 15 is 0 Å². The van der Waals surface area contributed by atoms with Gasteiger partial charge in [0.15, 0.2) is 0 Å². The van der Waals surface area contributed by atoms with E-state index in [4.69, 9.17) is 4.74 Å². The largest absolute Gasteiger partial charge is 0.493 e. The molecule has 0 radical (unpaired) electrons. The first-order valence-corrected chi connectivity index (χ1v) is 7.26. The van der Waals surface area contributed by atoms with Gasteiger partial charge in [0.25, 0.3) is 0 Å². The van der Waals surface area contributed by atoms with E-state index in [9.17, 15) is 0 Å². The quantitative estimate of drug-likeness (QED) is 0.924. The van der Waals surface area contributed by atoms with E-state index in [2.05, 4.69) is 35.4 Å². The highest BCUT2D eigenvalue weighted by atomic mass is 16.5. The number of aromatic nitrogens is 1. The summed E-state index contributed by atoms with van der Waals surface area (Å²) in [6.07, 6.45) is 3.90. The van der Waals surface area contributed by atoms with Crippen LogP contribution in [-0.2, 0) is 13.0 Å². The van der Waals surface area contributed by atoms with Crippen LogP contribution in [0.15, 0.2) is 42.6 Å². The topological polar surface area (TPSA) is 34.2 Å². The summed E-state index contributed by atoms with van der Waals surface area (Å²) in [4.78, 5) is 4.50. The number of pyridine rings is 1. The molecule has 0 bridgehead atoms. The van der Waals surface area contributed by atoms with Crippen molar-refractivity contribution < 1.29 is 4.74 Å². The van der Waals surface area contributed by atoms with Gasteiger partial charge in [0.1, 0.15) is 5.75 Å². The average Bonchev–Trinajstić information content (AvgIpc) is 2.53. The molecule has 0 fully saturated rings. The van der Waals surface area contributed by atoms with Crippen LogP contribution < -0.4 is 10.1 Å². The Bertz CT molecular complexity index is 583. The fourth-order valence-electron chi connectivity index (χ4n) is 2.73. The van der Waals surface area contributed by atoms with Crippen LogP contribution in [0.5, 0.6) is 5.75 Å². The Morgan fingerprint density at radius 2 is 2.15 bits per heavy atom. The summed E-state index contributed by atoms with van der Waals surface area (Å²) < 4.78 is 5.69. The number of rotatable bonds is 4. The zero-order valence-corrected chi connectivity index (χ0v) is 11.8. The summed E-state index contributed by atoms with van der Waals surface area (Å²) in [6, 6.07) is 12.8. The predicted molar refractivity (Wildman–Crippen MR) is 79.7 cm³/mol. The number of hydrogen-bond acceptors (Lipinski definition) is 3. The van der Waals surface area contributed by atoms with Gasteiger partial charge in [0.2, 0.25) is 0 Å². The minimum atomic E-state index is 0.353. The van der Waals surface area contributed by atoms with Crippen molar-refractivity contribution in [3.8, 4) is 5.75 Å². The third-order valence-electron chi connectivity index (χ3n) is 3.84. The Hall–Kier alpha value is -1.87. The van der Waals surface area contributed by atoms with E-state index in [1.165, 1.54) is 11.1 Å². The molecule has 0 amide bonds. The molecule has 0 aliphatic carbocycles. The fraction of sp³-hybridized carbons (Fsp3) is 0.353. The Morgan fingerprint density at radius 1 is 1.25 bits per heavy atom. The van der Waals surface area contributed by atoms with Crippen molar-refractivity contribution >= 4 is 0 Å². The zero-order chi connectivity index (χ0) is 13.8. The highest BCUT2D eigenvalue weighted by Crippen LogP contribution is 2.31. The van der Waals surface area contributed by atoms with Gasteiger partial charge in [-0.25, -0.2) is 0 Å². The summed E-state index contributed by atoms with van der Waals surface area (Å²) in [7, 11) is 0. The number of nitrogens with one attached hydrogen (secondary N) is 1. The standard InChI is InChI=1S/C17H20N2O/c1-2-13-6-5-10-18-16(13)12-19-15-9-11-20-17-8-4-3-7-14(15)17/h3-8,10,15,19H,2,9,11-12H2,1H3. The van der Waals surface area contributed by atoms with Crippen molar-refractivity contribution in [1.82, 2.24) is 10.3 Å². The van der Waals surface area contributed by atoms with Gasteiger partial charge in [-0.2, -0.15) is 0 Å². The van der Waals surface area contributed by atoms with Crippen molar-refractivity contribution in [2.75, 3.05) is 6.61 Å². The van der Waals surface area contributed by atoms with Crippen LogP contribution in [0.4, 0.5) is 0 Å². The summed E-state index contributed by atoms with van der Waals surface area (Å²) in [5.41, 5.74) is 3.73. The molecule has 1 aromatic carbocycles.